The van der Waals surface area contributed by atoms with Crippen LogP contribution in [0.4, 0.5) is 0 Å². The van der Waals surface area contributed by atoms with Gasteiger partial charge in [0, 0.05) is 0 Å². The lowest BCUT2D eigenvalue weighted by molar-refractivity contribution is 0.875. The van der Waals surface area contributed by atoms with E-state index in [0.717, 1.165) is 0 Å². The quantitative estimate of drug-likeness (QED) is 0.595. The molecule has 10 heavy (non-hydrogen) atoms. The molecule has 0 aliphatic heterocycles. The molecule has 0 unspecified atom stereocenters. The fraction of sp³-hybridized carbons (Fsp3) is 0. The highest BCUT2D eigenvalue weighted by Gasteiger charge is 1.98. The summed E-state index contributed by atoms with van der Waals surface area (Å²) in [6.45, 7) is 0. The minimum Gasteiger partial charge on any atom is -0.266 e. The number of hydrogen-bond donors (Lipinski definition) is 1. The number of aromatic nitrogens is 3. The third-order valence-electron chi connectivity index (χ3n) is 1.16. The topological polar surface area (TPSA) is 58.6 Å². The van der Waals surface area contributed by atoms with Crippen LogP contribution in [-0.2, 0) is 0 Å². The zero-order valence-corrected chi connectivity index (χ0v) is 5.68. The molecule has 0 saturated heterocycles. The van der Waals surface area contributed by atoms with Crippen molar-refractivity contribution >= 4 is 21.6 Å². The second kappa shape index (κ2) is 1.88. The number of rotatable bonds is 0. The standard InChI is InChI=1S/C5H3N3OS/c9-5-4-3(1-2-10-4)6-8-7-5/h1-2H,(H,6,7,9). The van der Waals surface area contributed by atoms with Crippen molar-refractivity contribution in [1.82, 2.24) is 15.4 Å². The van der Waals surface area contributed by atoms with Gasteiger partial charge in [-0.2, -0.15) is 0 Å². The number of fused-ring (bicyclic) bond motifs is 1. The summed E-state index contributed by atoms with van der Waals surface area (Å²) in [6, 6.07) is 1.77. The molecule has 1 N–H and O–H groups in total. The maximum Gasteiger partial charge on any atom is 0.285 e. The maximum atomic E-state index is 10.9. The van der Waals surface area contributed by atoms with E-state index in [2.05, 4.69) is 15.4 Å². The Labute approximate surface area is 59.5 Å². The minimum absolute atomic E-state index is 0.167. The number of nitrogens with zero attached hydrogens (tertiary/aromatic N) is 2. The molecular weight excluding hydrogens is 150 g/mol. The van der Waals surface area contributed by atoms with Crippen LogP contribution < -0.4 is 5.56 Å². The van der Waals surface area contributed by atoms with Crippen molar-refractivity contribution in [3.05, 3.63) is 21.8 Å². The summed E-state index contributed by atoms with van der Waals surface area (Å²) in [5, 5.41) is 11.2. The van der Waals surface area contributed by atoms with Gasteiger partial charge in [0.15, 0.2) is 0 Å². The predicted molar refractivity (Wildman–Crippen MR) is 38.0 cm³/mol. The molecule has 2 aromatic heterocycles. The van der Waals surface area contributed by atoms with Crippen molar-refractivity contribution in [3.8, 4) is 0 Å². The van der Waals surface area contributed by atoms with Gasteiger partial charge in [0.05, 0.1) is 0 Å². The molecule has 50 valence electrons. The summed E-state index contributed by atoms with van der Waals surface area (Å²) in [4.78, 5) is 10.9. The molecular formula is C5H3N3OS. The normalized spacial score (nSPS) is 10.4. The lowest BCUT2D eigenvalue weighted by Crippen LogP contribution is -2.07. The molecule has 4 nitrogen and oxygen atoms in total. The van der Waals surface area contributed by atoms with Crippen molar-refractivity contribution in [2.45, 2.75) is 0 Å². The van der Waals surface area contributed by atoms with Gasteiger partial charge in [-0.15, -0.1) is 16.4 Å². The van der Waals surface area contributed by atoms with Crippen LogP contribution in [0.2, 0.25) is 0 Å². The van der Waals surface area contributed by atoms with Gasteiger partial charge < -0.3 is 0 Å². The molecule has 0 atom stereocenters. The first-order chi connectivity index (χ1) is 4.88. The Bertz CT molecular complexity index is 404. The molecule has 0 fully saturated rings. The van der Waals surface area contributed by atoms with E-state index in [-0.39, 0.29) is 5.56 Å². The second-order valence-corrected chi connectivity index (χ2v) is 2.69. The molecule has 2 heterocycles. The smallest absolute Gasteiger partial charge is 0.266 e. The number of aromatic amines is 1. The molecule has 0 bridgehead atoms. The highest BCUT2D eigenvalue weighted by molar-refractivity contribution is 7.17. The molecule has 2 aromatic rings. The van der Waals surface area contributed by atoms with E-state index < -0.39 is 0 Å². The predicted octanol–water partition coefficient (Wildman–Crippen LogP) is 0.380. The van der Waals surface area contributed by atoms with Gasteiger partial charge in [-0.25, -0.2) is 5.10 Å². The lowest BCUT2D eigenvalue weighted by atomic mass is 10.5. The van der Waals surface area contributed by atoms with E-state index >= 15 is 0 Å². The summed E-state index contributed by atoms with van der Waals surface area (Å²) in [6.07, 6.45) is 0. The zero-order valence-electron chi connectivity index (χ0n) is 4.87. The van der Waals surface area contributed by atoms with Crippen LogP contribution in [0.5, 0.6) is 0 Å². The Balaban J connectivity index is 3.09. The van der Waals surface area contributed by atoms with Gasteiger partial charge in [-0.3, -0.25) is 4.79 Å². The first kappa shape index (κ1) is 5.55. The largest absolute Gasteiger partial charge is 0.285 e. The highest BCUT2D eigenvalue weighted by atomic mass is 32.1. The maximum absolute atomic E-state index is 10.9. The fourth-order valence-electron chi connectivity index (χ4n) is 0.726. The van der Waals surface area contributed by atoms with Gasteiger partial charge >= 0.3 is 0 Å². The van der Waals surface area contributed by atoms with Crippen molar-refractivity contribution in [2.75, 3.05) is 0 Å². The fourth-order valence-corrected chi connectivity index (χ4v) is 1.44. The number of hydrogen-bond acceptors (Lipinski definition) is 4. The molecule has 0 aliphatic carbocycles. The number of nitrogens with one attached hydrogen (secondary N) is 1. The molecule has 0 aromatic carbocycles. The molecule has 0 spiro atoms. The third-order valence-corrected chi connectivity index (χ3v) is 2.06. The van der Waals surface area contributed by atoms with E-state index in [1.165, 1.54) is 11.3 Å². The monoisotopic (exact) mass is 153 g/mol. The average molecular weight is 153 g/mol. The summed E-state index contributed by atoms with van der Waals surface area (Å²) < 4.78 is 0.634. The molecule has 0 amide bonds. The SMILES string of the molecule is O=c1[nH]nnc2ccsc12. The Morgan fingerprint density at radius 2 is 2.50 bits per heavy atom. The first-order valence-electron chi connectivity index (χ1n) is 2.66. The summed E-state index contributed by atoms with van der Waals surface area (Å²) >= 11 is 1.37. The van der Waals surface area contributed by atoms with E-state index in [1.54, 1.807) is 6.07 Å². The van der Waals surface area contributed by atoms with Crippen molar-refractivity contribution < 1.29 is 0 Å². The zero-order chi connectivity index (χ0) is 6.97. The Hall–Kier alpha value is -1.23. The Morgan fingerprint density at radius 1 is 1.60 bits per heavy atom. The van der Waals surface area contributed by atoms with Crippen LogP contribution in [0.25, 0.3) is 10.2 Å². The molecule has 0 aliphatic rings. The molecule has 5 heteroatoms. The average Bonchev–Trinajstić information content (AvgIpc) is 2.36. The molecule has 0 saturated carbocycles. The van der Waals surface area contributed by atoms with E-state index in [4.69, 9.17) is 0 Å². The Morgan fingerprint density at radius 3 is 3.30 bits per heavy atom. The van der Waals surface area contributed by atoms with Gasteiger partial charge in [-0.05, 0) is 11.4 Å². The number of thiophene rings is 1. The van der Waals surface area contributed by atoms with Gasteiger partial charge in [0.2, 0.25) is 0 Å². The summed E-state index contributed by atoms with van der Waals surface area (Å²) in [5.41, 5.74) is 0.494. The second-order valence-electron chi connectivity index (χ2n) is 1.78. The molecule has 2 rings (SSSR count). The summed E-state index contributed by atoms with van der Waals surface area (Å²) in [7, 11) is 0. The minimum atomic E-state index is -0.167. The van der Waals surface area contributed by atoms with Crippen LogP contribution in [0.3, 0.4) is 0 Å². The van der Waals surface area contributed by atoms with Crippen molar-refractivity contribution in [2.24, 2.45) is 0 Å². The van der Waals surface area contributed by atoms with Crippen LogP contribution in [0.15, 0.2) is 16.2 Å². The molecule has 0 radical (unpaired) electrons. The highest BCUT2D eigenvalue weighted by Crippen LogP contribution is 2.11. The van der Waals surface area contributed by atoms with Crippen LogP contribution in [-0.4, -0.2) is 15.4 Å². The Kier molecular flexibility index (Phi) is 1.04. The van der Waals surface area contributed by atoms with E-state index in [9.17, 15) is 4.79 Å². The van der Waals surface area contributed by atoms with Gasteiger partial charge in [-0.1, -0.05) is 5.21 Å². The van der Waals surface area contributed by atoms with Crippen LogP contribution in [0, 0.1) is 0 Å². The summed E-state index contributed by atoms with van der Waals surface area (Å²) in [5.74, 6) is 0. The lowest BCUT2D eigenvalue weighted by Gasteiger charge is -1.80. The van der Waals surface area contributed by atoms with E-state index in [1.807, 2.05) is 5.38 Å². The van der Waals surface area contributed by atoms with Gasteiger partial charge in [0.25, 0.3) is 5.56 Å². The van der Waals surface area contributed by atoms with Gasteiger partial charge in [0.1, 0.15) is 10.2 Å². The van der Waals surface area contributed by atoms with Crippen molar-refractivity contribution in [3.63, 3.8) is 0 Å². The van der Waals surface area contributed by atoms with Crippen LogP contribution >= 0.6 is 11.3 Å². The van der Waals surface area contributed by atoms with E-state index in [0.29, 0.717) is 10.2 Å². The third kappa shape index (κ3) is 0.640. The number of H-pyrrole nitrogens is 1. The first-order valence-corrected chi connectivity index (χ1v) is 3.54. The van der Waals surface area contributed by atoms with Crippen molar-refractivity contribution in [1.29, 1.82) is 0 Å². The van der Waals surface area contributed by atoms with Crippen LogP contribution in [0.1, 0.15) is 0 Å².